The van der Waals surface area contributed by atoms with E-state index in [9.17, 15) is 8.78 Å². The SMILES string of the molecule is CC(C)C[C@H](Oc1c(F)cc(Cl)cc1F)[C@H]1CCNC1. The van der Waals surface area contributed by atoms with Crippen LogP contribution in [0.4, 0.5) is 8.78 Å². The van der Waals surface area contributed by atoms with E-state index in [2.05, 4.69) is 19.2 Å². The zero-order valence-electron chi connectivity index (χ0n) is 11.8. The second-order valence-electron chi connectivity index (χ2n) is 5.74. The van der Waals surface area contributed by atoms with Crippen molar-refractivity contribution < 1.29 is 13.5 Å². The summed E-state index contributed by atoms with van der Waals surface area (Å²) in [7, 11) is 0. The van der Waals surface area contributed by atoms with Crippen LogP contribution in [-0.4, -0.2) is 19.2 Å². The third-order valence-electron chi connectivity index (χ3n) is 3.56. The van der Waals surface area contributed by atoms with Gasteiger partial charge in [-0.05, 0) is 37.4 Å². The van der Waals surface area contributed by atoms with E-state index in [1.54, 1.807) is 0 Å². The van der Waals surface area contributed by atoms with Gasteiger partial charge in [-0.3, -0.25) is 0 Å². The minimum Gasteiger partial charge on any atom is -0.484 e. The molecule has 0 amide bonds. The summed E-state index contributed by atoms with van der Waals surface area (Å²) >= 11 is 5.62. The molecule has 1 saturated heterocycles. The summed E-state index contributed by atoms with van der Waals surface area (Å²) in [6.45, 7) is 5.91. The molecule has 1 aromatic rings. The van der Waals surface area contributed by atoms with Gasteiger partial charge in [-0.2, -0.15) is 0 Å². The van der Waals surface area contributed by atoms with Gasteiger partial charge in [0.2, 0.25) is 0 Å². The molecule has 1 fully saturated rings. The Hall–Kier alpha value is -0.870. The van der Waals surface area contributed by atoms with Crippen LogP contribution in [0.5, 0.6) is 5.75 Å². The van der Waals surface area contributed by atoms with E-state index < -0.39 is 11.6 Å². The van der Waals surface area contributed by atoms with Crippen molar-refractivity contribution in [3.05, 3.63) is 28.8 Å². The summed E-state index contributed by atoms with van der Waals surface area (Å²) in [6.07, 6.45) is 1.55. The van der Waals surface area contributed by atoms with Crippen LogP contribution in [0.3, 0.4) is 0 Å². The fourth-order valence-corrected chi connectivity index (χ4v) is 2.78. The lowest BCUT2D eigenvalue weighted by molar-refractivity contribution is 0.109. The topological polar surface area (TPSA) is 21.3 Å². The Labute approximate surface area is 123 Å². The van der Waals surface area contributed by atoms with Gasteiger partial charge in [0.1, 0.15) is 6.10 Å². The highest BCUT2D eigenvalue weighted by Crippen LogP contribution is 2.30. The van der Waals surface area contributed by atoms with Crippen molar-refractivity contribution in [2.75, 3.05) is 13.1 Å². The van der Waals surface area contributed by atoms with Crippen LogP contribution in [0.15, 0.2) is 12.1 Å². The van der Waals surface area contributed by atoms with Crippen LogP contribution in [0.2, 0.25) is 5.02 Å². The van der Waals surface area contributed by atoms with Gasteiger partial charge in [-0.15, -0.1) is 0 Å². The standard InChI is InChI=1S/C15H20ClF2NO/c1-9(2)5-14(10-3-4-19-8-10)20-15-12(17)6-11(16)7-13(15)18/h6-7,9-10,14,19H,3-5,8H2,1-2H3/t10-,14-/m0/s1. The summed E-state index contributed by atoms with van der Waals surface area (Å²) in [5.41, 5.74) is 0. The Bertz CT molecular complexity index is 438. The monoisotopic (exact) mass is 303 g/mol. The molecule has 0 aliphatic carbocycles. The molecule has 2 nitrogen and oxygen atoms in total. The zero-order valence-corrected chi connectivity index (χ0v) is 12.5. The predicted molar refractivity (Wildman–Crippen MR) is 76.2 cm³/mol. The van der Waals surface area contributed by atoms with E-state index in [-0.39, 0.29) is 22.8 Å². The van der Waals surface area contributed by atoms with Crippen LogP contribution in [0.1, 0.15) is 26.7 Å². The summed E-state index contributed by atoms with van der Waals surface area (Å²) in [5, 5.41) is 3.30. The summed E-state index contributed by atoms with van der Waals surface area (Å²) < 4.78 is 33.3. The van der Waals surface area contributed by atoms with Gasteiger partial charge >= 0.3 is 0 Å². The first-order valence-electron chi connectivity index (χ1n) is 6.99. The lowest BCUT2D eigenvalue weighted by Crippen LogP contribution is -2.31. The Kier molecular flexibility index (Phi) is 5.22. The van der Waals surface area contributed by atoms with E-state index in [0.717, 1.165) is 38.1 Å². The van der Waals surface area contributed by atoms with E-state index in [1.807, 2.05) is 0 Å². The minimum atomic E-state index is -0.741. The molecule has 1 N–H and O–H groups in total. The van der Waals surface area contributed by atoms with E-state index >= 15 is 0 Å². The first-order chi connectivity index (χ1) is 9.47. The van der Waals surface area contributed by atoms with Gasteiger partial charge in [0.05, 0.1) is 0 Å². The molecule has 112 valence electrons. The fraction of sp³-hybridized carbons (Fsp3) is 0.600. The Morgan fingerprint density at radius 2 is 2.00 bits per heavy atom. The average molecular weight is 304 g/mol. The highest BCUT2D eigenvalue weighted by atomic mass is 35.5. The Balaban J connectivity index is 2.18. The van der Waals surface area contributed by atoms with Crippen molar-refractivity contribution in [3.8, 4) is 5.75 Å². The molecule has 1 aliphatic rings. The van der Waals surface area contributed by atoms with Gasteiger partial charge in [-0.1, -0.05) is 25.4 Å². The minimum absolute atomic E-state index is 0.0373. The molecule has 1 aliphatic heterocycles. The van der Waals surface area contributed by atoms with Crippen LogP contribution >= 0.6 is 11.6 Å². The van der Waals surface area contributed by atoms with Crippen molar-refractivity contribution >= 4 is 11.6 Å². The van der Waals surface area contributed by atoms with Gasteiger partial charge in [0.25, 0.3) is 0 Å². The van der Waals surface area contributed by atoms with Crippen LogP contribution in [0, 0.1) is 23.5 Å². The molecule has 0 bridgehead atoms. The van der Waals surface area contributed by atoms with E-state index in [0.29, 0.717) is 5.92 Å². The maximum Gasteiger partial charge on any atom is 0.191 e. The van der Waals surface area contributed by atoms with E-state index in [1.165, 1.54) is 0 Å². The molecule has 0 saturated carbocycles. The molecule has 1 heterocycles. The molecule has 2 rings (SSSR count). The fourth-order valence-electron chi connectivity index (χ4n) is 2.59. The zero-order chi connectivity index (χ0) is 14.7. The number of hydrogen-bond donors (Lipinski definition) is 1. The third kappa shape index (κ3) is 3.83. The Morgan fingerprint density at radius 3 is 2.50 bits per heavy atom. The van der Waals surface area contributed by atoms with Crippen molar-refractivity contribution in [1.82, 2.24) is 5.32 Å². The highest BCUT2D eigenvalue weighted by Gasteiger charge is 2.29. The highest BCUT2D eigenvalue weighted by molar-refractivity contribution is 6.30. The number of nitrogens with one attached hydrogen (secondary N) is 1. The van der Waals surface area contributed by atoms with Crippen molar-refractivity contribution in [2.45, 2.75) is 32.8 Å². The average Bonchev–Trinajstić information content (AvgIpc) is 2.85. The Morgan fingerprint density at radius 1 is 1.35 bits per heavy atom. The number of ether oxygens (including phenoxy) is 1. The van der Waals surface area contributed by atoms with Crippen molar-refractivity contribution in [3.63, 3.8) is 0 Å². The summed E-state index contributed by atoms with van der Waals surface area (Å²) in [5.74, 6) is -1.11. The van der Waals surface area contributed by atoms with Gasteiger partial charge in [-0.25, -0.2) is 8.78 Å². The normalized spacial score (nSPS) is 20.4. The first-order valence-corrected chi connectivity index (χ1v) is 7.37. The summed E-state index contributed by atoms with van der Waals surface area (Å²) in [4.78, 5) is 0. The van der Waals surface area contributed by atoms with Crippen molar-refractivity contribution in [2.24, 2.45) is 11.8 Å². The maximum absolute atomic E-state index is 13.8. The number of halogens is 3. The van der Waals surface area contributed by atoms with Gasteiger partial charge < -0.3 is 10.1 Å². The molecule has 0 aromatic heterocycles. The number of rotatable bonds is 5. The molecule has 5 heteroatoms. The lowest BCUT2D eigenvalue weighted by atomic mass is 9.93. The molecule has 0 radical (unpaired) electrons. The predicted octanol–water partition coefficient (Wildman–Crippen LogP) is 4.02. The number of benzene rings is 1. The molecule has 0 unspecified atom stereocenters. The molecular weight excluding hydrogens is 284 g/mol. The van der Waals surface area contributed by atoms with Crippen LogP contribution in [0.25, 0.3) is 0 Å². The molecule has 20 heavy (non-hydrogen) atoms. The van der Waals surface area contributed by atoms with Crippen LogP contribution in [-0.2, 0) is 0 Å². The maximum atomic E-state index is 13.8. The number of hydrogen-bond acceptors (Lipinski definition) is 2. The van der Waals surface area contributed by atoms with Gasteiger partial charge in [0.15, 0.2) is 17.4 Å². The lowest BCUT2D eigenvalue weighted by Gasteiger charge is -2.26. The van der Waals surface area contributed by atoms with Crippen molar-refractivity contribution in [1.29, 1.82) is 0 Å². The second kappa shape index (κ2) is 6.72. The summed E-state index contributed by atoms with van der Waals surface area (Å²) in [6, 6.07) is 2.17. The van der Waals surface area contributed by atoms with E-state index in [4.69, 9.17) is 16.3 Å². The molecule has 1 aromatic carbocycles. The molecule has 0 spiro atoms. The van der Waals surface area contributed by atoms with Crippen LogP contribution < -0.4 is 10.1 Å². The smallest absolute Gasteiger partial charge is 0.191 e. The quantitative estimate of drug-likeness (QED) is 0.887. The molecular formula is C15H20ClF2NO. The third-order valence-corrected chi connectivity index (χ3v) is 3.78. The second-order valence-corrected chi connectivity index (χ2v) is 6.17. The first kappa shape index (κ1) is 15.5. The molecule has 2 atom stereocenters. The largest absolute Gasteiger partial charge is 0.484 e. The van der Waals surface area contributed by atoms with Gasteiger partial charge in [0, 0.05) is 17.5 Å².